The lowest BCUT2D eigenvalue weighted by Crippen LogP contribution is -2.37. The molecule has 1 saturated heterocycles. The number of rotatable bonds is 6. The zero-order valence-corrected chi connectivity index (χ0v) is 13.1. The third kappa shape index (κ3) is 4.63. The Morgan fingerprint density at radius 1 is 1.35 bits per heavy atom. The Morgan fingerprint density at radius 2 is 2.05 bits per heavy atom. The minimum atomic E-state index is -3.43. The average Bonchev–Trinajstić information content (AvgIpc) is 2.91. The molecule has 0 radical (unpaired) electrons. The van der Waals surface area contributed by atoms with E-state index in [1.165, 1.54) is 0 Å². The first-order valence-electron chi connectivity index (χ1n) is 6.58. The van der Waals surface area contributed by atoms with E-state index in [1.807, 2.05) is 6.92 Å². The molecule has 1 aromatic rings. The van der Waals surface area contributed by atoms with Crippen LogP contribution < -0.4 is 14.8 Å². The smallest absolute Gasteiger partial charge is 0.240 e. The molecular weight excluding hydrogens is 300 g/mol. The summed E-state index contributed by atoms with van der Waals surface area (Å²) in [5, 5.41) is 3.26. The standard InChI is InChI=1S/C13H20N2O3S.ClH/c1-2-18-12-5-7-13(8-6-12)19(16,17)15-10-11-4-3-9-14-11;/h5-8,11,14-15H,2-4,9-10H2,1H3;1H. The molecule has 0 aliphatic carbocycles. The Labute approximate surface area is 126 Å². The van der Waals surface area contributed by atoms with Crippen molar-refractivity contribution >= 4 is 22.4 Å². The summed E-state index contributed by atoms with van der Waals surface area (Å²) in [4.78, 5) is 0.272. The van der Waals surface area contributed by atoms with Crippen LogP contribution in [-0.4, -0.2) is 34.2 Å². The van der Waals surface area contributed by atoms with Gasteiger partial charge in [0.05, 0.1) is 11.5 Å². The van der Waals surface area contributed by atoms with E-state index in [-0.39, 0.29) is 23.3 Å². The van der Waals surface area contributed by atoms with E-state index < -0.39 is 10.0 Å². The molecule has 1 fully saturated rings. The SMILES string of the molecule is CCOc1ccc(S(=O)(=O)NCC2CCCN2)cc1.Cl. The van der Waals surface area contributed by atoms with E-state index in [4.69, 9.17) is 4.74 Å². The molecule has 1 aromatic carbocycles. The zero-order valence-electron chi connectivity index (χ0n) is 11.5. The molecule has 7 heteroatoms. The minimum absolute atomic E-state index is 0. The van der Waals surface area contributed by atoms with Crippen LogP contribution in [0.3, 0.4) is 0 Å². The quantitative estimate of drug-likeness (QED) is 0.834. The van der Waals surface area contributed by atoms with E-state index in [2.05, 4.69) is 10.0 Å². The fourth-order valence-electron chi connectivity index (χ4n) is 2.11. The van der Waals surface area contributed by atoms with Crippen LogP contribution >= 0.6 is 12.4 Å². The molecule has 0 bridgehead atoms. The van der Waals surface area contributed by atoms with Crippen molar-refractivity contribution in [1.82, 2.24) is 10.0 Å². The highest BCUT2D eigenvalue weighted by molar-refractivity contribution is 7.89. The van der Waals surface area contributed by atoms with Gasteiger partial charge in [-0.1, -0.05) is 0 Å². The van der Waals surface area contributed by atoms with Crippen molar-refractivity contribution in [2.75, 3.05) is 19.7 Å². The first kappa shape index (κ1) is 17.2. The van der Waals surface area contributed by atoms with E-state index in [9.17, 15) is 8.42 Å². The fraction of sp³-hybridized carbons (Fsp3) is 0.538. The number of benzene rings is 1. The Hall–Kier alpha value is -0.820. The minimum Gasteiger partial charge on any atom is -0.494 e. The van der Waals surface area contributed by atoms with Crippen LogP contribution in [0.2, 0.25) is 0 Å². The van der Waals surface area contributed by atoms with Gasteiger partial charge in [-0.15, -0.1) is 12.4 Å². The predicted molar refractivity (Wildman–Crippen MR) is 81.1 cm³/mol. The van der Waals surface area contributed by atoms with E-state index in [0.29, 0.717) is 18.9 Å². The van der Waals surface area contributed by atoms with Gasteiger partial charge in [0.15, 0.2) is 0 Å². The number of nitrogens with one attached hydrogen (secondary N) is 2. The number of hydrogen-bond donors (Lipinski definition) is 2. The number of hydrogen-bond acceptors (Lipinski definition) is 4. The summed E-state index contributed by atoms with van der Waals surface area (Å²) in [6, 6.07) is 6.72. The highest BCUT2D eigenvalue weighted by Crippen LogP contribution is 2.16. The van der Waals surface area contributed by atoms with Gasteiger partial charge >= 0.3 is 0 Å². The van der Waals surface area contributed by atoms with Gasteiger partial charge in [0.25, 0.3) is 0 Å². The molecule has 5 nitrogen and oxygen atoms in total. The first-order valence-corrected chi connectivity index (χ1v) is 8.06. The van der Waals surface area contributed by atoms with E-state index in [0.717, 1.165) is 19.4 Å². The molecule has 2 N–H and O–H groups in total. The molecule has 1 aliphatic rings. The van der Waals surface area contributed by atoms with Crippen molar-refractivity contribution in [2.24, 2.45) is 0 Å². The van der Waals surface area contributed by atoms with Crippen molar-refractivity contribution in [3.8, 4) is 5.75 Å². The molecule has 2 rings (SSSR count). The Kier molecular flexibility index (Phi) is 6.75. The van der Waals surface area contributed by atoms with Crippen LogP contribution in [0.25, 0.3) is 0 Å². The summed E-state index contributed by atoms with van der Waals surface area (Å²) in [6.07, 6.45) is 2.13. The van der Waals surface area contributed by atoms with Crippen molar-refractivity contribution in [3.05, 3.63) is 24.3 Å². The van der Waals surface area contributed by atoms with Gasteiger partial charge in [0.1, 0.15) is 5.75 Å². The van der Waals surface area contributed by atoms with Gasteiger partial charge in [0, 0.05) is 12.6 Å². The molecule has 1 atom stereocenters. The predicted octanol–water partition coefficient (Wildman–Crippen LogP) is 1.54. The van der Waals surface area contributed by atoms with Gasteiger partial charge in [-0.2, -0.15) is 0 Å². The highest BCUT2D eigenvalue weighted by atomic mass is 35.5. The van der Waals surface area contributed by atoms with Crippen LogP contribution in [0.1, 0.15) is 19.8 Å². The van der Waals surface area contributed by atoms with Gasteiger partial charge in [0.2, 0.25) is 10.0 Å². The Balaban J connectivity index is 0.00000200. The number of sulfonamides is 1. The van der Waals surface area contributed by atoms with Gasteiger partial charge in [-0.25, -0.2) is 13.1 Å². The second kappa shape index (κ2) is 7.83. The average molecular weight is 321 g/mol. The Morgan fingerprint density at radius 3 is 2.60 bits per heavy atom. The molecule has 0 saturated carbocycles. The maximum absolute atomic E-state index is 12.1. The van der Waals surface area contributed by atoms with Crippen LogP contribution in [0.5, 0.6) is 5.75 Å². The van der Waals surface area contributed by atoms with E-state index in [1.54, 1.807) is 24.3 Å². The van der Waals surface area contributed by atoms with Crippen molar-refractivity contribution in [3.63, 3.8) is 0 Å². The summed E-state index contributed by atoms with van der Waals surface area (Å²) >= 11 is 0. The van der Waals surface area contributed by atoms with Crippen LogP contribution in [0, 0.1) is 0 Å². The summed E-state index contributed by atoms with van der Waals surface area (Å²) in [5.74, 6) is 0.680. The third-order valence-electron chi connectivity index (χ3n) is 3.13. The van der Waals surface area contributed by atoms with Crippen LogP contribution in [0.4, 0.5) is 0 Å². The lowest BCUT2D eigenvalue weighted by atomic mass is 10.2. The van der Waals surface area contributed by atoms with Crippen molar-refractivity contribution in [2.45, 2.75) is 30.7 Å². The normalized spacial score (nSPS) is 18.6. The van der Waals surface area contributed by atoms with Gasteiger partial charge in [-0.05, 0) is 50.6 Å². The maximum atomic E-state index is 12.1. The molecule has 0 amide bonds. The number of ether oxygens (including phenoxy) is 1. The topological polar surface area (TPSA) is 67.4 Å². The summed E-state index contributed by atoms with van der Waals surface area (Å²) in [5.41, 5.74) is 0. The lowest BCUT2D eigenvalue weighted by Gasteiger charge is -2.12. The van der Waals surface area contributed by atoms with Crippen molar-refractivity contribution in [1.29, 1.82) is 0 Å². The van der Waals surface area contributed by atoms with Crippen LogP contribution in [0.15, 0.2) is 29.2 Å². The van der Waals surface area contributed by atoms with E-state index >= 15 is 0 Å². The summed E-state index contributed by atoms with van der Waals surface area (Å²) in [6.45, 7) is 3.86. The molecule has 0 aromatic heterocycles. The number of halogens is 1. The second-order valence-electron chi connectivity index (χ2n) is 4.55. The molecule has 20 heavy (non-hydrogen) atoms. The highest BCUT2D eigenvalue weighted by Gasteiger charge is 2.19. The molecular formula is C13H21ClN2O3S. The largest absolute Gasteiger partial charge is 0.494 e. The summed E-state index contributed by atoms with van der Waals surface area (Å²) in [7, 11) is -3.43. The Bertz CT molecular complexity index is 499. The van der Waals surface area contributed by atoms with Gasteiger partial charge < -0.3 is 10.1 Å². The monoisotopic (exact) mass is 320 g/mol. The first-order chi connectivity index (χ1) is 9.12. The molecule has 1 aliphatic heterocycles. The zero-order chi connectivity index (χ0) is 13.7. The van der Waals surface area contributed by atoms with Gasteiger partial charge in [-0.3, -0.25) is 0 Å². The molecule has 0 spiro atoms. The summed E-state index contributed by atoms with van der Waals surface area (Å²) < 4.78 is 32.1. The van der Waals surface area contributed by atoms with Crippen molar-refractivity contribution < 1.29 is 13.2 Å². The van der Waals surface area contributed by atoms with Crippen LogP contribution in [-0.2, 0) is 10.0 Å². The fourth-order valence-corrected chi connectivity index (χ4v) is 3.19. The second-order valence-corrected chi connectivity index (χ2v) is 6.32. The molecule has 1 unspecified atom stereocenters. The lowest BCUT2D eigenvalue weighted by molar-refractivity contribution is 0.340. The molecule has 1 heterocycles. The molecule has 114 valence electrons. The third-order valence-corrected chi connectivity index (χ3v) is 4.57. The maximum Gasteiger partial charge on any atom is 0.240 e.